The molecule has 1 fully saturated rings. The highest BCUT2D eigenvalue weighted by Gasteiger charge is 2.36. The number of carbonyl (C=O) groups is 1. The second-order valence-corrected chi connectivity index (χ2v) is 8.12. The number of nitrogens with zero attached hydrogens (tertiary/aromatic N) is 5. The maximum Gasteiger partial charge on any atom is 0.295 e. The minimum Gasteiger partial charge on any atom is -0.424 e. The van der Waals surface area contributed by atoms with Crippen LogP contribution in [-0.2, 0) is 0 Å². The molecule has 1 N–H and O–H groups in total. The molecule has 2 aromatic carbocycles. The predicted molar refractivity (Wildman–Crippen MR) is 117 cm³/mol. The van der Waals surface area contributed by atoms with Gasteiger partial charge in [0.05, 0.1) is 18.4 Å². The Morgan fingerprint density at radius 2 is 1.91 bits per heavy atom. The molecule has 1 aliphatic heterocycles. The molecular weight excluding hydrogens is 430 g/mol. The first kappa shape index (κ1) is 21.0. The van der Waals surface area contributed by atoms with Crippen LogP contribution in [0, 0.1) is 17.6 Å². The minimum absolute atomic E-state index is 0.127. The quantitative estimate of drug-likeness (QED) is 0.492. The molecule has 2 aromatic heterocycles. The molecule has 8 nitrogen and oxygen atoms in total. The Labute approximate surface area is 188 Å². The molecule has 2 unspecified atom stereocenters. The Balaban J connectivity index is 1.45. The van der Waals surface area contributed by atoms with Gasteiger partial charge in [-0.15, -0.1) is 4.80 Å². The van der Waals surface area contributed by atoms with E-state index >= 15 is 0 Å². The number of halogens is 2. The summed E-state index contributed by atoms with van der Waals surface area (Å²) in [5.41, 5.74) is 0.701. The normalized spacial score (nSPS) is 18.6. The third-order valence-electron chi connectivity index (χ3n) is 6.04. The number of hydrogen-bond acceptors (Lipinski definition) is 6. The monoisotopic (exact) mass is 452 g/mol. The average Bonchev–Trinajstić information content (AvgIpc) is 3.48. The molecule has 2 atom stereocenters. The van der Waals surface area contributed by atoms with Crippen LogP contribution in [-0.4, -0.2) is 49.9 Å². The maximum absolute atomic E-state index is 14.9. The van der Waals surface area contributed by atoms with Gasteiger partial charge in [0.15, 0.2) is 11.4 Å². The highest BCUT2D eigenvalue weighted by atomic mass is 19.1. The summed E-state index contributed by atoms with van der Waals surface area (Å²) in [6, 6.07) is 9.40. The number of benzene rings is 2. The smallest absolute Gasteiger partial charge is 0.295 e. The molecule has 0 radical (unpaired) electrons. The van der Waals surface area contributed by atoms with Gasteiger partial charge >= 0.3 is 0 Å². The Morgan fingerprint density at radius 1 is 1.15 bits per heavy atom. The van der Waals surface area contributed by atoms with Crippen LogP contribution in [0.1, 0.15) is 30.1 Å². The average molecular weight is 452 g/mol. The van der Waals surface area contributed by atoms with E-state index in [4.69, 9.17) is 4.42 Å². The molecule has 33 heavy (non-hydrogen) atoms. The van der Waals surface area contributed by atoms with Crippen molar-refractivity contribution in [3.8, 4) is 5.69 Å². The first-order valence-corrected chi connectivity index (χ1v) is 10.8. The summed E-state index contributed by atoms with van der Waals surface area (Å²) in [7, 11) is 0. The highest BCUT2D eigenvalue weighted by molar-refractivity contribution is 5.98. The predicted octanol–water partition coefficient (Wildman–Crippen LogP) is 4.04. The number of hydrogen-bond donors (Lipinski definition) is 1. The highest BCUT2D eigenvalue weighted by Crippen LogP contribution is 2.29. The molecule has 4 aromatic rings. The Bertz CT molecular complexity index is 1260. The van der Waals surface area contributed by atoms with Gasteiger partial charge in [0.25, 0.3) is 11.9 Å². The zero-order chi connectivity index (χ0) is 22.9. The molecule has 0 aliphatic carbocycles. The van der Waals surface area contributed by atoms with Crippen LogP contribution >= 0.6 is 0 Å². The van der Waals surface area contributed by atoms with Crippen LogP contribution in [0.25, 0.3) is 16.8 Å². The second kappa shape index (κ2) is 8.61. The second-order valence-electron chi connectivity index (χ2n) is 8.12. The number of rotatable bonds is 5. The molecule has 10 heteroatoms. The van der Waals surface area contributed by atoms with Crippen molar-refractivity contribution < 1.29 is 18.0 Å². The van der Waals surface area contributed by atoms with E-state index in [2.05, 4.69) is 20.5 Å². The van der Waals surface area contributed by atoms with Gasteiger partial charge in [-0.25, -0.2) is 8.78 Å². The summed E-state index contributed by atoms with van der Waals surface area (Å²) in [6.07, 6.45) is 4.35. The van der Waals surface area contributed by atoms with Gasteiger partial charge < -0.3 is 14.6 Å². The number of oxazole rings is 1. The standard InChI is InChI=1S/C23H22F2N6O2/c1-14-5-4-12-30(18(14)13-26-23-29-17-6-2-3-7-19(17)33-23)22(32)20-15(24)8-9-16(25)21(20)31-27-10-11-28-31/h2-3,6-11,14,18H,4-5,12-13H2,1H3,(H,26,29). The van der Waals surface area contributed by atoms with Crippen molar-refractivity contribution in [1.29, 1.82) is 0 Å². The van der Waals surface area contributed by atoms with Gasteiger partial charge in [-0.1, -0.05) is 19.1 Å². The van der Waals surface area contributed by atoms with E-state index in [1.165, 1.54) is 12.4 Å². The lowest BCUT2D eigenvalue weighted by Crippen LogP contribution is -2.51. The SMILES string of the molecule is CC1CCCN(C(=O)c2c(F)ccc(F)c2-n2nccn2)C1CNc1nc2ccccc2o1. The van der Waals surface area contributed by atoms with E-state index in [-0.39, 0.29) is 23.2 Å². The van der Waals surface area contributed by atoms with Crippen molar-refractivity contribution in [3.05, 3.63) is 66.0 Å². The lowest BCUT2D eigenvalue weighted by atomic mass is 9.90. The number of likely N-dealkylation sites (tertiary alicyclic amines) is 1. The van der Waals surface area contributed by atoms with E-state index in [9.17, 15) is 13.6 Å². The zero-order valence-corrected chi connectivity index (χ0v) is 17.9. The summed E-state index contributed by atoms with van der Waals surface area (Å²) < 4.78 is 35.3. The molecule has 1 amide bonds. The molecule has 3 heterocycles. The number of aromatic nitrogens is 4. The topological polar surface area (TPSA) is 89.1 Å². The number of carbonyl (C=O) groups excluding carboxylic acids is 1. The number of para-hydroxylation sites is 2. The van der Waals surface area contributed by atoms with E-state index in [0.29, 0.717) is 24.7 Å². The van der Waals surface area contributed by atoms with Crippen LogP contribution in [0.3, 0.4) is 0 Å². The van der Waals surface area contributed by atoms with Gasteiger partial charge in [-0.05, 0) is 43.0 Å². The largest absolute Gasteiger partial charge is 0.424 e. The van der Waals surface area contributed by atoms with Crippen molar-refractivity contribution in [2.45, 2.75) is 25.8 Å². The van der Waals surface area contributed by atoms with Crippen LogP contribution in [0.15, 0.2) is 53.2 Å². The van der Waals surface area contributed by atoms with Crippen molar-refractivity contribution in [2.24, 2.45) is 5.92 Å². The van der Waals surface area contributed by atoms with Crippen molar-refractivity contribution in [1.82, 2.24) is 24.9 Å². The lowest BCUT2D eigenvalue weighted by molar-refractivity contribution is 0.0533. The molecule has 0 bridgehead atoms. The number of nitrogens with one attached hydrogen (secondary N) is 1. The summed E-state index contributed by atoms with van der Waals surface area (Å²) in [4.78, 5) is 20.5. The first-order valence-electron chi connectivity index (χ1n) is 10.8. The van der Waals surface area contributed by atoms with Crippen molar-refractivity contribution >= 4 is 23.0 Å². The Kier molecular flexibility index (Phi) is 5.49. The molecule has 0 saturated carbocycles. The molecule has 170 valence electrons. The number of anilines is 1. The van der Waals surface area contributed by atoms with Crippen LogP contribution < -0.4 is 5.32 Å². The van der Waals surface area contributed by atoms with Crippen molar-refractivity contribution in [3.63, 3.8) is 0 Å². The van der Waals surface area contributed by atoms with Gasteiger partial charge in [0.1, 0.15) is 22.6 Å². The number of amides is 1. The summed E-state index contributed by atoms with van der Waals surface area (Å²) in [5, 5.41) is 11.0. The van der Waals surface area contributed by atoms with E-state index < -0.39 is 17.5 Å². The van der Waals surface area contributed by atoms with Gasteiger partial charge in [0, 0.05) is 13.1 Å². The molecule has 1 aliphatic rings. The first-order chi connectivity index (χ1) is 16.0. The summed E-state index contributed by atoms with van der Waals surface area (Å²) in [5.74, 6) is -2.07. The van der Waals surface area contributed by atoms with E-state index in [0.717, 1.165) is 35.3 Å². The van der Waals surface area contributed by atoms with Gasteiger partial charge in [0.2, 0.25) is 0 Å². The molecular formula is C23H22F2N6O2. The van der Waals surface area contributed by atoms with E-state index in [1.54, 1.807) is 4.90 Å². The third-order valence-corrected chi connectivity index (χ3v) is 6.04. The van der Waals surface area contributed by atoms with Crippen LogP contribution in [0.5, 0.6) is 0 Å². The third kappa shape index (κ3) is 3.92. The molecule has 5 rings (SSSR count). The summed E-state index contributed by atoms with van der Waals surface area (Å²) >= 11 is 0. The van der Waals surface area contributed by atoms with E-state index in [1.807, 2.05) is 31.2 Å². The van der Waals surface area contributed by atoms with Gasteiger partial charge in [-0.2, -0.15) is 15.2 Å². The number of piperidine rings is 1. The molecule has 1 saturated heterocycles. The fourth-order valence-electron chi connectivity index (χ4n) is 4.37. The zero-order valence-electron chi connectivity index (χ0n) is 17.9. The fourth-order valence-corrected chi connectivity index (χ4v) is 4.37. The van der Waals surface area contributed by atoms with Gasteiger partial charge in [-0.3, -0.25) is 4.79 Å². The Hall–Kier alpha value is -3.82. The van der Waals surface area contributed by atoms with Crippen molar-refractivity contribution in [2.75, 3.05) is 18.4 Å². The fraction of sp³-hybridized carbons (Fsp3) is 0.304. The van der Waals surface area contributed by atoms with Crippen LogP contribution in [0.2, 0.25) is 0 Å². The molecule has 0 spiro atoms. The Morgan fingerprint density at radius 3 is 2.70 bits per heavy atom. The summed E-state index contributed by atoms with van der Waals surface area (Å²) in [6.45, 7) is 2.81. The number of fused-ring (bicyclic) bond motifs is 1. The lowest BCUT2D eigenvalue weighted by Gasteiger charge is -2.40. The minimum atomic E-state index is -0.822. The maximum atomic E-state index is 14.9. The van der Waals surface area contributed by atoms with Crippen LogP contribution in [0.4, 0.5) is 14.8 Å².